The van der Waals surface area contributed by atoms with Crippen molar-refractivity contribution in [3.05, 3.63) is 47.5 Å². The molecule has 10 heteroatoms. The number of nitrogens with zero attached hydrogens (tertiary/aromatic N) is 4. The molecule has 0 amide bonds. The molecule has 0 saturated carbocycles. The van der Waals surface area contributed by atoms with Crippen LogP contribution in [-0.4, -0.2) is 47.5 Å². The Morgan fingerprint density at radius 3 is 2.55 bits per heavy atom. The van der Waals surface area contributed by atoms with E-state index in [4.69, 9.17) is 19.9 Å². The molecular formula is C21H23FN6O3. The number of ether oxygens (including phenoxy) is 3. The number of nitrogens with one attached hydrogen (secondary N) is 1. The monoisotopic (exact) mass is 426 g/mol. The van der Waals surface area contributed by atoms with Crippen LogP contribution in [0.25, 0.3) is 16.6 Å². The first-order valence-electron chi connectivity index (χ1n) is 9.65. The van der Waals surface area contributed by atoms with Crippen LogP contribution >= 0.6 is 0 Å². The van der Waals surface area contributed by atoms with E-state index >= 15 is 0 Å². The van der Waals surface area contributed by atoms with Crippen molar-refractivity contribution in [2.45, 2.75) is 13.0 Å². The van der Waals surface area contributed by atoms with E-state index in [1.165, 1.54) is 19.2 Å². The summed E-state index contributed by atoms with van der Waals surface area (Å²) in [5.74, 6) is 2.21. The topological polar surface area (TPSA) is 109 Å². The Bertz CT molecular complexity index is 1240. The largest absolute Gasteiger partial charge is 0.497 e. The molecule has 0 saturated heterocycles. The van der Waals surface area contributed by atoms with Crippen LogP contribution in [0.1, 0.15) is 11.4 Å². The molecule has 2 aromatic heterocycles. The minimum atomic E-state index is -0.444. The van der Waals surface area contributed by atoms with Crippen molar-refractivity contribution in [2.75, 3.05) is 33.2 Å². The van der Waals surface area contributed by atoms with Crippen LogP contribution in [0.4, 0.5) is 10.3 Å². The fourth-order valence-corrected chi connectivity index (χ4v) is 3.37. The predicted octanol–water partition coefficient (Wildman–Crippen LogP) is 2.56. The van der Waals surface area contributed by atoms with Crippen LogP contribution in [0.2, 0.25) is 0 Å². The van der Waals surface area contributed by atoms with Gasteiger partial charge in [-0.25, -0.2) is 14.4 Å². The highest BCUT2D eigenvalue weighted by Gasteiger charge is 2.18. The van der Waals surface area contributed by atoms with Gasteiger partial charge in [-0.1, -0.05) is 0 Å². The molecule has 0 aliphatic rings. The van der Waals surface area contributed by atoms with Crippen LogP contribution in [0, 0.1) is 5.82 Å². The maximum absolute atomic E-state index is 14.2. The number of nitrogens with two attached hydrogens (primary N) is 1. The molecule has 2 heterocycles. The molecule has 0 aliphatic carbocycles. The highest BCUT2D eigenvalue weighted by atomic mass is 19.1. The lowest BCUT2D eigenvalue weighted by Crippen LogP contribution is -2.10. The predicted molar refractivity (Wildman–Crippen MR) is 114 cm³/mol. The zero-order valence-corrected chi connectivity index (χ0v) is 17.5. The molecule has 0 aliphatic heterocycles. The summed E-state index contributed by atoms with van der Waals surface area (Å²) in [6.45, 7) is 0.794. The number of hydrogen-bond acceptors (Lipinski definition) is 8. The molecule has 0 radical (unpaired) electrons. The van der Waals surface area contributed by atoms with Gasteiger partial charge in [0.05, 0.1) is 26.7 Å². The van der Waals surface area contributed by atoms with Crippen molar-refractivity contribution in [3.8, 4) is 17.2 Å². The maximum Gasteiger partial charge on any atom is 0.226 e. The van der Waals surface area contributed by atoms with E-state index in [0.717, 1.165) is 5.56 Å². The Balaban J connectivity index is 1.81. The summed E-state index contributed by atoms with van der Waals surface area (Å²) in [6.07, 6.45) is 0.487. The minimum absolute atomic E-state index is 0.311. The molecule has 31 heavy (non-hydrogen) atoms. The molecule has 0 spiro atoms. The Morgan fingerprint density at radius 2 is 1.84 bits per heavy atom. The molecule has 0 fully saturated rings. The van der Waals surface area contributed by atoms with Gasteiger partial charge in [0.25, 0.3) is 0 Å². The zero-order chi connectivity index (χ0) is 22.0. The van der Waals surface area contributed by atoms with Crippen LogP contribution in [0.5, 0.6) is 17.2 Å². The summed E-state index contributed by atoms with van der Waals surface area (Å²) in [5.41, 5.74) is 7.51. The second kappa shape index (κ2) is 8.60. The number of rotatable bonds is 8. The number of benzene rings is 2. The number of aromatic nitrogens is 4. The van der Waals surface area contributed by atoms with E-state index in [-0.39, 0.29) is 0 Å². The normalized spacial score (nSPS) is 11.1. The third kappa shape index (κ3) is 3.89. The van der Waals surface area contributed by atoms with Crippen molar-refractivity contribution in [2.24, 2.45) is 5.73 Å². The molecule has 4 rings (SSSR count). The van der Waals surface area contributed by atoms with Crippen LogP contribution < -0.4 is 25.3 Å². The first-order valence-corrected chi connectivity index (χ1v) is 9.65. The highest BCUT2D eigenvalue weighted by molar-refractivity contribution is 5.96. The Hall–Kier alpha value is -3.66. The first-order chi connectivity index (χ1) is 15.1. The van der Waals surface area contributed by atoms with Crippen LogP contribution in [0.3, 0.4) is 0 Å². The molecular weight excluding hydrogens is 403 g/mol. The summed E-state index contributed by atoms with van der Waals surface area (Å²) in [7, 11) is 4.67. The summed E-state index contributed by atoms with van der Waals surface area (Å²) < 4.78 is 31.8. The van der Waals surface area contributed by atoms with E-state index in [0.29, 0.717) is 65.1 Å². The second-order valence-corrected chi connectivity index (χ2v) is 6.77. The van der Waals surface area contributed by atoms with E-state index in [1.54, 1.807) is 24.8 Å². The molecule has 0 bridgehead atoms. The van der Waals surface area contributed by atoms with Crippen molar-refractivity contribution in [3.63, 3.8) is 0 Å². The maximum atomic E-state index is 14.2. The van der Waals surface area contributed by atoms with Gasteiger partial charge in [-0.3, -0.25) is 0 Å². The number of hydrogen-bond donors (Lipinski definition) is 2. The molecule has 2 aromatic carbocycles. The van der Waals surface area contributed by atoms with E-state index in [2.05, 4.69) is 20.4 Å². The number of halogens is 1. The molecule has 162 valence electrons. The lowest BCUT2D eigenvalue weighted by atomic mass is 10.2. The zero-order valence-electron chi connectivity index (χ0n) is 17.5. The first kappa shape index (κ1) is 20.6. The summed E-state index contributed by atoms with van der Waals surface area (Å²) in [4.78, 5) is 9.20. The van der Waals surface area contributed by atoms with Crippen LogP contribution in [-0.2, 0) is 13.0 Å². The fourth-order valence-electron chi connectivity index (χ4n) is 3.37. The molecule has 3 N–H and O–H groups in total. The van der Waals surface area contributed by atoms with E-state index in [9.17, 15) is 4.39 Å². The summed E-state index contributed by atoms with van der Waals surface area (Å²) in [6, 6.07) is 8.22. The van der Waals surface area contributed by atoms with E-state index < -0.39 is 5.82 Å². The van der Waals surface area contributed by atoms with E-state index in [1.807, 2.05) is 12.1 Å². The number of methoxy groups -OCH3 is 3. The van der Waals surface area contributed by atoms with Gasteiger partial charge in [0, 0.05) is 30.7 Å². The van der Waals surface area contributed by atoms with Crippen LogP contribution in [0.15, 0.2) is 30.3 Å². The van der Waals surface area contributed by atoms with Gasteiger partial charge in [-0.2, -0.15) is 4.52 Å². The SMILES string of the molecule is COc1ccc(CNc2nc3c(OC)cc(F)cc3c3nc(CCN)nn23)c(OC)c1. The highest BCUT2D eigenvalue weighted by Crippen LogP contribution is 2.30. The van der Waals surface area contributed by atoms with Gasteiger partial charge in [-0.15, -0.1) is 5.10 Å². The van der Waals surface area contributed by atoms with Gasteiger partial charge in [0.2, 0.25) is 5.95 Å². The Kier molecular flexibility index (Phi) is 5.72. The third-order valence-corrected chi connectivity index (χ3v) is 4.87. The van der Waals surface area contributed by atoms with Crippen molar-refractivity contribution in [1.82, 2.24) is 19.6 Å². The fraction of sp³-hybridized carbons (Fsp3) is 0.286. The Labute approximate surface area is 178 Å². The lowest BCUT2D eigenvalue weighted by molar-refractivity contribution is 0.391. The Morgan fingerprint density at radius 1 is 1.03 bits per heavy atom. The minimum Gasteiger partial charge on any atom is -0.497 e. The van der Waals surface area contributed by atoms with Gasteiger partial charge >= 0.3 is 0 Å². The summed E-state index contributed by atoms with van der Waals surface area (Å²) >= 11 is 0. The molecule has 0 atom stereocenters. The van der Waals surface area contributed by atoms with Crippen molar-refractivity contribution >= 4 is 22.5 Å². The molecule has 9 nitrogen and oxygen atoms in total. The van der Waals surface area contributed by atoms with Gasteiger partial charge in [0.15, 0.2) is 11.5 Å². The standard InChI is InChI=1S/C21H23FN6O3/c1-29-14-5-4-12(16(10-14)30-2)11-24-21-26-19-15(8-13(22)9-17(19)31-3)20-25-18(6-7-23)27-28(20)21/h4-5,8-10H,6-7,11,23H2,1-3H3,(H,24,26). The van der Waals surface area contributed by atoms with Gasteiger partial charge in [-0.05, 0) is 24.7 Å². The van der Waals surface area contributed by atoms with Gasteiger partial charge in [0.1, 0.15) is 28.6 Å². The van der Waals surface area contributed by atoms with Crippen molar-refractivity contribution in [1.29, 1.82) is 0 Å². The smallest absolute Gasteiger partial charge is 0.226 e. The average Bonchev–Trinajstić information content (AvgIpc) is 3.21. The third-order valence-electron chi connectivity index (χ3n) is 4.87. The van der Waals surface area contributed by atoms with Gasteiger partial charge < -0.3 is 25.3 Å². The molecule has 4 aromatic rings. The summed E-state index contributed by atoms with van der Waals surface area (Å²) in [5, 5.41) is 8.28. The van der Waals surface area contributed by atoms with Crippen molar-refractivity contribution < 1.29 is 18.6 Å². The number of anilines is 1. The lowest BCUT2D eigenvalue weighted by Gasteiger charge is -2.13. The number of fused-ring (bicyclic) bond motifs is 3. The quantitative estimate of drug-likeness (QED) is 0.443. The second-order valence-electron chi connectivity index (χ2n) is 6.77. The average molecular weight is 426 g/mol. The molecule has 0 unspecified atom stereocenters.